The number of methoxy groups -OCH3 is 1. The zero-order valence-corrected chi connectivity index (χ0v) is 14.8. The van der Waals surface area contributed by atoms with Gasteiger partial charge in [-0.25, -0.2) is 4.79 Å². The molecule has 3 aliphatic rings. The molecule has 0 unspecified atom stereocenters. The second-order valence-corrected chi connectivity index (χ2v) is 7.68. The van der Waals surface area contributed by atoms with E-state index in [1.54, 1.807) is 0 Å². The van der Waals surface area contributed by atoms with E-state index in [1.807, 2.05) is 4.90 Å². The van der Waals surface area contributed by atoms with E-state index in [4.69, 9.17) is 4.74 Å². The highest BCUT2D eigenvalue weighted by molar-refractivity contribution is 5.76. The van der Waals surface area contributed by atoms with Crippen molar-refractivity contribution in [3.05, 3.63) is 35.4 Å². The van der Waals surface area contributed by atoms with Crippen molar-refractivity contribution in [2.24, 2.45) is 11.8 Å². The Labute approximate surface area is 148 Å². The van der Waals surface area contributed by atoms with E-state index in [1.165, 1.54) is 37.5 Å². The summed E-state index contributed by atoms with van der Waals surface area (Å²) in [7, 11) is 1.42. The van der Waals surface area contributed by atoms with Crippen LogP contribution in [0.2, 0.25) is 0 Å². The molecule has 0 aromatic heterocycles. The maximum absolute atomic E-state index is 12.4. The first-order chi connectivity index (χ1) is 12.1. The lowest BCUT2D eigenvalue weighted by molar-refractivity contribution is -0.146. The standard InChI is InChI=1S/C20H26N2O3/c1-25-18(23)15-7-10-22(11-8-15)19(24)21-13-16-12-20(16)9-6-14-4-2-3-5-17(14)20/h2-5,15-16H,6-13H2,1H3,(H,21,24)/t16-,20-/m0/s1. The fourth-order valence-electron chi connectivity index (χ4n) is 4.81. The van der Waals surface area contributed by atoms with Crippen LogP contribution < -0.4 is 5.32 Å². The molecular weight excluding hydrogens is 316 g/mol. The van der Waals surface area contributed by atoms with Crippen molar-refractivity contribution < 1.29 is 14.3 Å². The van der Waals surface area contributed by atoms with Crippen molar-refractivity contribution in [1.82, 2.24) is 10.2 Å². The summed E-state index contributed by atoms with van der Waals surface area (Å²) in [6, 6.07) is 8.77. The number of piperidine rings is 1. The first kappa shape index (κ1) is 16.4. The Morgan fingerprint density at radius 2 is 2.04 bits per heavy atom. The summed E-state index contributed by atoms with van der Waals surface area (Å²) >= 11 is 0. The van der Waals surface area contributed by atoms with Crippen molar-refractivity contribution in [3.63, 3.8) is 0 Å². The van der Waals surface area contributed by atoms with Gasteiger partial charge in [0.2, 0.25) is 0 Å². The van der Waals surface area contributed by atoms with Gasteiger partial charge in [-0.1, -0.05) is 24.3 Å². The lowest BCUT2D eigenvalue weighted by Crippen LogP contribution is -2.46. The molecule has 4 rings (SSSR count). The Morgan fingerprint density at radius 1 is 1.28 bits per heavy atom. The first-order valence-corrected chi connectivity index (χ1v) is 9.33. The number of carbonyl (C=O) groups excluding carboxylic acids is 2. The number of nitrogens with zero attached hydrogens (tertiary/aromatic N) is 1. The lowest BCUT2D eigenvalue weighted by atomic mass is 9.95. The predicted molar refractivity (Wildman–Crippen MR) is 94.3 cm³/mol. The SMILES string of the molecule is COC(=O)C1CCN(C(=O)NC[C@@H]2C[C@@]23CCc2ccccc23)CC1. The fourth-order valence-corrected chi connectivity index (χ4v) is 4.81. The molecule has 1 spiro atoms. The molecular formula is C20H26N2O3. The highest BCUT2D eigenvalue weighted by Gasteiger charge is 2.57. The molecule has 25 heavy (non-hydrogen) atoms. The van der Waals surface area contributed by atoms with Crippen LogP contribution >= 0.6 is 0 Å². The molecule has 2 fully saturated rings. The van der Waals surface area contributed by atoms with E-state index in [9.17, 15) is 9.59 Å². The van der Waals surface area contributed by atoms with Gasteiger partial charge in [-0.05, 0) is 49.1 Å². The number of hydrogen-bond acceptors (Lipinski definition) is 3. The number of esters is 1. The molecule has 1 saturated carbocycles. The van der Waals surface area contributed by atoms with Crippen LogP contribution in [0.15, 0.2) is 24.3 Å². The van der Waals surface area contributed by atoms with Crippen LogP contribution in [-0.4, -0.2) is 43.6 Å². The summed E-state index contributed by atoms with van der Waals surface area (Å²) in [6.07, 6.45) is 4.97. The molecule has 1 heterocycles. The summed E-state index contributed by atoms with van der Waals surface area (Å²) in [6.45, 7) is 2.01. The number of amides is 2. The van der Waals surface area contributed by atoms with Crippen LogP contribution in [0.3, 0.4) is 0 Å². The number of aryl methyl sites for hydroxylation is 1. The number of hydrogen-bond donors (Lipinski definition) is 1. The number of likely N-dealkylation sites (tertiary alicyclic amines) is 1. The zero-order chi connectivity index (χ0) is 17.4. The maximum atomic E-state index is 12.4. The molecule has 1 aromatic rings. The molecule has 1 N–H and O–H groups in total. The van der Waals surface area contributed by atoms with E-state index < -0.39 is 0 Å². The maximum Gasteiger partial charge on any atom is 0.317 e. The van der Waals surface area contributed by atoms with Crippen molar-refractivity contribution >= 4 is 12.0 Å². The fraction of sp³-hybridized carbons (Fsp3) is 0.600. The summed E-state index contributed by atoms with van der Waals surface area (Å²) in [5, 5.41) is 3.13. The molecule has 2 amide bonds. The third-order valence-corrected chi connectivity index (χ3v) is 6.44. The molecule has 5 heteroatoms. The van der Waals surface area contributed by atoms with E-state index in [0.717, 1.165) is 6.54 Å². The van der Waals surface area contributed by atoms with Crippen LogP contribution in [0.4, 0.5) is 4.79 Å². The Morgan fingerprint density at radius 3 is 2.80 bits per heavy atom. The van der Waals surface area contributed by atoms with E-state index >= 15 is 0 Å². The van der Waals surface area contributed by atoms with Gasteiger partial charge in [-0.2, -0.15) is 0 Å². The normalized spacial score (nSPS) is 27.9. The van der Waals surface area contributed by atoms with Gasteiger partial charge in [0.15, 0.2) is 0 Å². The van der Waals surface area contributed by atoms with Gasteiger partial charge in [0.25, 0.3) is 0 Å². The highest BCUT2D eigenvalue weighted by Crippen LogP contribution is 2.61. The monoisotopic (exact) mass is 342 g/mol. The zero-order valence-electron chi connectivity index (χ0n) is 14.8. The topological polar surface area (TPSA) is 58.6 Å². The molecule has 134 valence electrons. The summed E-state index contributed by atoms with van der Waals surface area (Å²) in [4.78, 5) is 25.8. The van der Waals surface area contributed by atoms with Crippen molar-refractivity contribution in [3.8, 4) is 0 Å². The number of nitrogens with one attached hydrogen (secondary N) is 1. The van der Waals surface area contributed by atoms with Crippen molar-refractivity contribution in [2.45, 2.75) is 37.5 Å². The van der Waals surface area contributed by atoms with E-state index in [2.05, 4.69) is 29.6 Å². The molecule has 0 bridgehead atoms. The Hall–Kier alpha value is -2.04. The summed E-state index contributed by atoms with van der Waals surface area (Å²) in [5.41, 5.74) is 3.32. The molecule has 1 aromatic carbocycles. The van der Waals surface area contributed by atoms with Crippen LogP contribution in [0.5, 0.6) is 0 Å². The number of rotatable bonds is 3. The van der Waals surface area contributed by atoms with Gasteiger partial charge in [-0.15, -0.1) is 0 Å². The van der Waals surface area contributed by atoms with Gasteiger partial charge < -0.3 is 15.0 Å². The summed E-state index contributed by atoms with van der Waals surface area (Å²) in [5.74, 6) is 0.350. The van der Waals surface area contributed by atoms with Gasteiger partial charge in [0, 0.05) is 25.0 Å². The Bertz CT molecular complexity index is 681. The number of ether oxygens (including phenoxy) is 1. The minimum absolute atomic E-state index is 0.0108. The second kappa shape index (κ2) is 6.36. The van der Waals surface area contributed by atoms with Crippen LogP contribution in [0.25, 0.3) is 0 Å². The third-order valence-electron chi connectivity index (χ3n) is 6.44. The molecule has 2 atom stereocenters. The van der Waals surface area contributed by atoms with Crippen molar-refractivity contribution in [2.75, 3.05) is 26.7 Å². The van der Waals surface area contributed by atoms with Crippen molar-refractivity contribution in [1.29, 1.82) is 0 Å². The Balaban J connectivity index is 1.27. The molecule has 2 aliphatic carbocycles. The highest BCUT2D eigenvalue weighted by atomic mass is 16.5. The molecule has 0 radical (unpaired) electrons. The average Bonchev–Trinajstić information content (AvgIpc) is 3.25. The van der Waals surface area contributed by atoms with Crippen LogP contribution in [0.1, 0.15) is 36.8 Å². The van der Waals surface area contributed by atoms with E-state index in [0.29, 0.717) is 37.3 Å². The minimum atomic E-state index is -0.153. The number of urea groups is 1. The second-order valence-electron chi connectivity index (χ2n) is 7.68. The smallest absolute Gasteiger partial charge is 0.317 e. The number of benzene rings is 1. The third kappa shape index (κ3) is 2.90. The van der Waals surface area contributed by atoms with Gasteiger partial charge in [0.05, 0.1) is 13.0 Å². The van der Waals surface area contributed by atoms with Crippen LogP contribution in [0, 0.1) is 11.8 Å². The largest absolute Gasteiger partial charge is 0.469 e. The predicted octanol–water partition coefficient (Wildman–Crippen LogP) is 2.49. The van der Waals surface area contributed by atoms with Crippen LogP contribution in [-0.2, 0) is 21.4 Å². The average molecular weight is 342 g/mol. The van der Waals surface area contributed by atoms with Gasteiger partial charge >= 0.3 is 12.0 Å². The number of carbonyl (C=O) groups is 2. The quantitative estimate of drug-likeness (QED) is 0.859. The van der Waals surface area contributed by atoms with Gasteiger partial charge in [-0.3, -0.25) is 4.79 Å². The van der Waals surface area contributed by atoms with Gasteiger partial charge in [0.1, 0.15) is 0 Å². The number of fused-ring (bicyclic) bond motifs is 2. The Kier molecular flexibility index (Phi) is 4.18. The lowest BCUT2D eigenvalue weighted by Gasteiger charge is -2.30. The molecule has 5 nitrogen and oxygen atoms in total. The minimum Gasteiger partial charge on any atom is -0.469 e. The van der Waals surface area contributed by atoms with E-state index in [-0.39, 0.29) is 17.9 Å². The first-order valence-electron chi connectivity index (χ1n) is 9.33. The molecule has 1 saturated heterocycles. The molecule has 1 aliphatic heterocycles. The summed E-state index contributed by atoms with van der Waals surface area (Å²) < 4.78 is 4.80.